The lowest BCUT2D eigenvalue weighted by Crippen LogP contribution is -2.69. The molecule has 1 amide bonds. The Kier molecular flexibility index (Phi) is 7.79. The van der Waals surface area contributed by atoms with Crippen molar-refractivity contribution in [2.45, 2.75) is 50.4 Å². The predicted molar refractivity (Wildman–Crippen MR) is 186 cm³/mol. The van der Waals surface area contributed by atoms with Crippen molar-refractivity contribution in [1.82, 2.24) is 0 Å². The number of benzene rings is 5. The van der Waals surface area contributed by atoms with Gasteiger partial charge < -0.3 is 13.9 Å². The van der Waals surface area contributed by atoms with Crippen molar-refractivity contribution in [1.29, 1.82) is 0 Å². The number of carbonyl (C=O) groups excluding carboxylic acids is 1. The van der Waals surface area contributed by atoms with Gasteiger partial charge in [-0.15, -0.1) is 0 Å². The van der Waals surface area contributed by atoms with Crippen molar-refractivity contribution in [3.63, 3.8) is 0 Å². The fourth-order valence-corrected chi connectivity index (χ4v) is 11.5. The number of hydrogen-bond donors (Lipinski definition) is 0. The third kappa shape index (κ3) is 5.31. The summed E-state index contributed by atoms with van der Waals surface area (Å²) in [6.07, 6.45) is 0.957. The van der Waals surface area contributed by atoms with E-state index in [0.717, 1.165) is 35.5 Å². The molecule has 1 saturated heterocycles. The highest BCUT2D eigenvalue weighted by Crippen LogP contribution is 2.58. The molecule has 1 aliphatic carbocycles. The summed E-state index contributed by atoms with van der Waals surface area (Å²) in [5.74, 6) is 0.923. The van der Waals surface area contributed by atoms with E-state index in [0.29, 0.717) is 0 Å². The van der Waals surface area contributed by atoms with Crippen LogP contribution in [0.4, 0.5) is 16.2 Å². The Morgan fingerprint density at radius 2 is 1.28 bits per heavy atom. The smallest absolute Gasteiger partial charge is 0.419 e. The van der Waals surface area contributed by atoms with Gasteiger partial charge in [0.2, 0.25) is 0 Å². The zero-order valence-corrected chi connectivity index (χ0v) is 27.6. The lowest BCUT2D eigenvalue weighted by Gasteiger charge is -2.43. The molecule has 5 nitrogen and oxygen atoms in total. The van der Waals surface area contributed by atoms with Gasteiger partial charge in [0.15, 0.2) is 0 Å². The molecule has 5 aromatic rings. The molecule has 0 spiro atoms. The molecule has 0 N–H and O–H groups in total. The van der Waals surface area contributed by atoms with E-state index < -0.39 is 20.0 Å². The number of carbonyl (C=O) groups is 1. The van der Waals surface area contributed by atoms with Crippen LogP contribution in [0.1, 0.15) is 44.4 Å². The molecular formula is C40H39NO4Si. The minimum Gasteiger partial charge on any atom is -0.534 e. The first kappa shape index (κ1) is 30.0. The number of rotatable bonds is 8. The molecule has 1 heterocycles. The van der Waals surface area contributed by atoms with Crippen LogP contribution in [0, 0.1) is 0 Å². The van der Waals surface area contributed by atoms with Crippen LogP contribution in [0.3, 0.4) is 0 Å². The molecule has 2 aliphatic rings. The molecule has 2 unspecified atom stereocenters. The topological polar surface area (TPSA) is 51.3 Å². The van der Waals surface area contributed by atoms with Crippen molar-refractivity contribution in [3.8, 4) is 5.75 Å². The summed E-state index contributed by atoms with van der Waals surface area (Å²) in [5.41, 5.74) is 3.29. The van der Waals surface area contributed by atoms with Crippen LogP contribution in [0.5, 0.6) is 5.75 Å². The molecule has 1 fully saturated rings. The van der Waals surface area contributed by atoms with Crippen LogP contribution in [-0.2, 0) is 15.9 Å². The Labute approximate surface area is 272 Å². The van der Waals surface area contributed by atoms with Crippen LogP contribution in [0.25, 0.3) is 0 Å². The molecule has 7 rings (SSSR count). The largest absolute Gasteiger partial charge is 0.534 e. The third-order valence-electron chi connectivity index (χ3n) is 9.35. The first-order chi connectivity index (χ1) is 22.3. The summed E-state index contributed by atoms with van der Waals surface area (Å²) in [4.78, 5) is 15.2. The molecule has 6 heteroatoms. The van der Waals surface area contributed by atoms with Gasteiger partial charge in [-0.2, -0.15) is 0 Å². The zero-order valence-electron chi connectivity index (χ0n) is 26.6. The van der Waals surface area contributed by atoms with E-state index in [1.807, 2.05) is 60.7 Å². The van der Waals surface area contributed by atoms with E-state index in [1.165, 1.54) is 15.9 Å². The van der Waals surface area contributed by atoms with Crippen molar-refractivity contribution in [3.05, 3.63) is 151 Å². The Bertz CT molecular complexity index is 1730. The fourth-order valence-electron chi connectivity index (χ4n) is 7.02. The van der Waals surface area contributed by atoms with Crippen molar-refractivity contribution in [2.24, 2.45) is 0 Å². The third-order valence-corrected chi connectivity index (χ3v) is 14.3. The molecule has 0 bridgehead atoms. The molecule has 0 aromatic heterocycles. The van der Waals surface area contributed by atoms with Gasteiger partial charge in [0.05, 0.1) is 11.4 Å². The van der Waals surface area contributed by atoms with Gasteiger partial charge in [-0.3, -0.25) is 0 Å². The number of epoxide rings is 1. The summed E-state index contributed by atoms with van der Waals surface area (Å²) in [5, 5.41) is 2.34. The van der Waals surface area contributed by atoms with Crippen LogP contribution in [0.15, 0.2) is 140 Å². The number of amides is 1. The van der Waals surface area contributed by atoms with Crippen LogP contribution in [-0.4, -0.2) is 26.6 Å². The average Bonchev–Trinajstić information content (AvgIpc) is 3.83. The Hall–Kier alpha value is -4.65. The van der Waals surface area contributed by atoms with Crippen LogP contribution >= 0.6 is 0 Å². The first-order valence-corrected chi connectivity index (χ1v) is 17.9. The summed E-state index contributed by atoms with van der Waals surface area (Å²) < 4.78 is 19.9. The first-order valence-electron chi connectivity index (χ1n) is 16.0. The standard InChI is InChI=1S/C40H39NO4Si/c1-39(2,3)46(32-21-12-6-13-22-32,33-23-14-7-15-24-33)45-36-26-16-25-35-34(36)27-28-40(37(35)44-40)29-43-38(42)41(30-17-8-4-9-18-30)31-19-10-5-11-20-31/h4-26,37H,27-29H2,1-3H3. The molecular weight excluding hydrogens is 587 g/mol. The Balaban J connectivity index is 1.17. The normalized spacial score (nSPS) is 18.5. The summed E-state index contributed by atoms with van der Waals surface area (Å²) in [7, 11) is -2.80. The van der Waals surface area contributed by atoms with Gasteiger partial charge in [0, 0.05) is 0 Å². The molecule has 1 aliphatic heterocycles. The van der Waals surface area contributed by atoms with E-state index >= 15 is 0 Å². The molecule has 0 saturated carbocycles. The Morgan fingerprint density at radius 3 is 1.80 bits per heavy atom. The summed E-state index contributed by atoms with van der Waals surface area (Å²) in [6.45, 7) is 7.08. The van der Waals surface area contributed by atoms with Crippen molar-refractivity contribution in [2.75, 3.05) is 11.5 Å². The number of para-hydroxylation sites is 2. The van der Waals surface area contributed by atoms with Gasteiger partial charge in [-0.25, -0.2) is 9.69 Å². The van der Waals surface area contributed by atoms with E-state index in [2.05, 4.69) is 99.6 Å². The van der Waals surface area contributed by atoms with E-state index in [1.54, 1.807) is 4.90 Å². The van der Waals surface area contributed by atoms with Gasteiger partial charge in [0.1, 0.15) is 24.1 Å². The molecule has 232 valence electrons. The second kappa shape index (κ2) is 11.9. The highest BCUT2D eigenvalue weighted by molar-refractivity contribution is 7.00. The summed E-state index contributed by atoms with van der Waals surface area (Å²) >= 11 is 0. The van der Waals surface area contributed by atoms with Crippen molar-refractivity contribution < 1.29 is 18.7 Å². The van der Waals surface area contributed by atoms with Crippen molar-refractivity contribution >= 4 is 36.2 Å². The zero-order chi connectivity index (χ0) is 31.8. The number of ether oxygens (including phenoxy) is 2. The average molecular weight is 626 g/mol. The van der Waals surface area contributed by atoms with E-state index in [-0.39, 0.29) is 17.7 Å². The van der Waals surface area contributed by atoms with Gasteiger partial charge >= 0.3 is 14.4 Å². The minimum absolute atomic E-state index is 0.145. The number of nitrogens with zero attached hydrogens (tertiary/aromatic N) is 1. The van der Waals surface area contributed by atoms with Crippen LogP contribution in [0.2, 0.25) is 5.04 Å². The number of fused-ring (bicyclic) bond motifs is 3. The lowest BCUT2D eigenvalue weighted by atomic mass is 9.84. The van der Waals surface area contributed by atoms with E-state index in [4.69, 9.17) is 13.9 Å². The van der Waals surface area contributed by atoms with Gasteiger partial charge in [0.25, 0.3) is 0 Å². The highest BCUT2D eigenvalue weighted by Gasteiger charge is 2.61. The van der Waals surface area contributed by atoms with Gasteiger partial charge in [-0.05, 0) is 69.7 Å². The maximum atomic E-state index is 13.6. The fraction of sp³-hybridized carbons (Fsp3) is 0.225. The molecule has 2 atom stereocenters. The second-order valence-electron chi connectivity index (χ2n) is 13.2. The molecule has 5 aromatic carbocycles. The minimum atomic E-state index is -2.80. The second-order valence-corrected chi connectivity index (χ2v) is 17.4. The quantitative estimate of drug-likeness (QED) is 0.128. The van der Waals surface area contributed by atoms with Gasteiger partial charge in [-0.1, -0.05) is 130 Å². The maximum absolute atomic E-state index is 13.6. The van der Waals surface area contributed by atoms with E-state index in [9.17, 15) is 4.79 Å². The highest BCUT2D eigenvalue weighted by atomic mass is 28.4. The monoisotopic (exact) mass is 625 g/mol. The molecule has 46 heavy (non-hydrogen) atoms. The number of anilines is 2. The molecule has 0 radical (unpaired) electrons. The lowest BCUT2D eigenvalue weighted by molar-refractivity contribution is 0.114. The predicted octanol–water partition coefficient (Wildman–Crippen LogP) is 8.36. The summed E-state index contributed by atoms with van der Waals surface area (Å²) in [6, 6.07) is 47.0. The number of hydrogen-bond acceptors (Lipinski definition) is 4. The maximum Gasteiger partial charge on any atom is 0.419 e. The SMILES string of the molecule is CC(C)(C)[Si](Oc1cccc2c1CCC1(COC(=O)N(c3ccccc3)c3ccccc3)OC21)(c1ccccc1)c1ccccc1. The van der Waals surface area contributed by atoms with Crippen LogP contribution < -0.4 is 19.7 Å². The Morgan fingerprint density at radius 1 is 0.761 bits per heavy atom.